The van der Waals surface area contributed by atoms with Crippen molar-refractivity contribution in [2.45, 2.75) is 16.2 Å². The van der Waals surface area contributed by atoms with Gasteiger partial charge in [-0.15, -0.1) is 11.3 Å². The lowest BCUT2D eigenvalue weighted by Gasteiger charge is -2.12. The highest BCUT2D eigenvalue weighted by molar-refractivity contribution is 8.01. The lowest BCUT2D eigenvalue weighted by atomic mass is 10.1. The van der Waals surface area contributed by atoms with E-state index in [2.05, 4.69) is 10.3 Å². The Labute approximate surface area is 185 Å². The zero-order valence-corrected chi connectivity index (χ0v) is 18.3. The number of aryl methyl sites for hydroxylation is 1. The van der Waals surface area contributed by atoms with Crippen LogP contribution in [-0.4, -0.2) is 36.0 Å². The van der Waals surface area contributed by atoms with Gasteiger partial charge in [-0.3, -0.25) is 14.9 Å². The van der Waals surface area contributed by atoms with Crippen molar-refractivity contribution in [3.05, 3.63) is 68.7 Å². The smallest absolute Gasteiger partial charge is 0.340 e. The molecule has 0 aliphatic heterocycles. The number of nitro benzene ring substituents is 1. The molecule has 3 rings (SSSR count). The lowest BCUT2D eigenvalue weighted by Crippen LogP contribution is -2.16. The summed E-state index contributed by atoms with van der Waals surface area (Å²) in [6.07, 6.45) is 0. The van der Waals surface area contributed by atoms with E-state index < -0.39 is 16.8 Å². The second-order valence-corrected chi connectivity index (χ2v) is 8.30. The highest BCUT2D eigenvalue weighted by Gasteiger charge is 2.21. The Morgan fingerprint density at radius 3 is 2.58 bits per heavy atom. The topological polar surface area (TPSA) is 121 Å². The molecule has 0 spiro atoms. The second-order valence-electron chi connectivity index (χ2n) is 6.15. The monoisotopic (exact) mass is 459 g/mol. The number of aromatic nitrogens is 1. The summed E-state index contributed by atoms with van der Waals surface area (Å²) in [4.78, 5) is 40.5. The molecule has 0 saturated heterocycles. The third-order valence-corrected chi connectivity index (χ3v) is 6.21. The minimum atomic E-state index is -0.661. The zero-order chi connectivity index (χ0) is 22.5. The number of methoxy groups -OCH3 is 2. The summed E-state index contributed by atoms with van der Waals surface area (Å²) >= 11 is 2.54. The van der Waals surface area contributed by atoms with E-state index in [0.29, 0.717) is 15.0 Å². The Morgan fingerprint density at radius 2 is 1.97 bits per heavy atom. The van der Waals surface area contributed by atoms with Gasteiger partial charge < -0.3 is 14.8 Å². The van der Waals surface area contributed by atoms with Crippen molar-refractivity contribution in [1.29, 1.82) is 0 Å². The molecule has 0 saturated carbocycles. The standard InChI is InChI=1S/C20H17N3O6S2/c1-11-10-30-20(21-11)31-17-7-4-12(8-16(17)23(26)27)18(24)22-15-6-5-13(28-2)9-14(15)19(25)29-3/h4-10H,1-3H3,(H,22,24). The van der Waals surface area contributed by atoms with E-state index in [-0.39, 0.29) is 22.5 Å². The minimum Gasteiger partial charge on any atom is -0.497 e. The molecule has 1 N–H and O–H groups in total. The molecule has 0 fully saturated rings. The molecule has 160 valence electrons. The van der Waals surface area contributed by atoms with E-state index in [9.17, 15) is 19.7 Å². The fraction of sp³-hybridized carbons (Fsp3) is 0.150. The number of nitro groups is 1. The van der Waals surface area contributed by atoms with Gasteiger partial charge >= 0.3 is 5.97 Å². The highest BCUT2D eigenvalue weighted by atomic mass is 32.2. The normalized spacial score (nSPS) is 10.4. The van der Waals surface area contributed by atoms with Crippen LogP contribution in [0, 0.1) is 17.0 Å². The first-order valence-electron chi connectivity index (χ1n) is 8.78. The molecule has 1 heterocycles. The largest absolute Gasteiger partial charge is 0.497 e. The van der Waals surface area contributed by atoms with Crippen LogP contribution in [0.3, 0.4) is 0 Å². The molecule has 0 aliphatic carbocycles. The van der Waals surface area contributed by atoms with E-state index >= 15 is 0 Å². The molecule has 1 amide bonds. The van der Waals surface area contributed by atoms with E-state index in [0.717, 1.165) is 17.5 Å². The number of ether oxygens (including phenoxy) is 2. The zero-order valence-electron chi connectivity index (χ0n) is 16.7. The number of amides is 1. The van der Waals surface area contributed by atoms with Crippen molar-refractivity contribution in [2.24, 2.45) is 0 Å². The fourth-order valence-electron chi connectivity index (χ4n) is 2.59. The number of esters is 1. The first-order chi connectivity index (χ1) is 14.8. The maximum Gasteiger partial charge on any atom is 0.340 e. The van der Waals surface area contributed by atoms with E-state index in [1.807, 2.05) is 12.3 Å². The Balaban J connectivity index is 1.89. The molecule has 11 heteroatoms. The second kappa shape index (κ2) is 9.58. The quantitative estimate of drug-likeness (QED) is 0.310. The van der Waals surface area contributed by atoms with Crippen LogP contribution in [0.5, 0.6) is 5.75 Å². The van der Waals surface area contributed by atoms with E-state index in [1.165, 1.54) is 55.9 Å². The van der Waals surface area contributed by atoms with Crippen LogP contribution in [0.25, 0.3) is 0 Å². The third kappa shape index (κ3) is 5.19. The number of anilines is 1. The van der Waals surface area contributed by atoms with Gasteiger partial charge in [-0.2, -0.15) is 0 Å². The summed E-state index contributed by atoms with van der Waals surface area (Å²) in [5.41, 5.74) is 0.964. The average molecular weight is 460 g/mol. The Kier molecular flexibility index (Phi) is 6.88. The van der Waals surface area contributed by atoms with Crippen molar-refractivity contribution >= 4 is 46.3 Å². The number of benzene rings is 2. The molecule has 3 aromatic rings. The first-order valence-corrected chi connectivity index (χ1v) is 10.5. The van der Waals surface area contributed by atoms with Gasteiger partial charge in [0.25, 0.3) is 11.6 Å². The summed E-state index contributed by atoms with van der Waals surface area (Å²) in [5.74, 6) is -0.862. The van der Waals surface area contributed by atoms with Crippen LogP contribution in [0.15, 0.2) is 51.0 Å². The predicted molar refractivity (Wildman–Crippen MR) is 116 cm³/mol. The summed E-state index contributed by atoms with van der Waals surface area (Å²) in [6.45, 7) is 1.84. The maximum atomic E-state index is 12.7. The van der Waals surface area contributed by atoms with Gasteiger partial charge in [0, 0.05) is 22.7 Å². The van der Waals surface area contributed by atoms with Crippen molar-refractivity contribution in [2.75, 3.05) is 19.5 Å². The van der Waals surface area contributed by atoms with E-state index in [4.69, 9.17) is 9.47 Å². The molecule has 9 nitrogen and oxygen atoms in total. The lowest BCUT2D eigenvalue weighted by molar-refractivity contribution is -0.387. The number of nitrogens with one attached hydrogen (secondary N) is 1. The van der Waals surface area contributed by atoms with E-state index in [1.54, 1.807) is 6.07 Å². The number of hydrogen-bond acceptors (Lipinski definition) is 9. The molecule has 0 bridgehead atoms. The predicted octanol–water partition coefficient (Wildman–Crippen LogP) is 4.56. The summed E-state index contributed by atoms with van der Waals surface area (Å²) < 4.78 is 10.5. The number of nitrogens with zero attached hydrogens (tertiary/aromatic N) is 2. The molecule has 0 aliphatic rings. The van der Waals surface area contributed by atoms with Crippen LogP contribution < -0.4 is 10.1 Å². The van der Waals surface area contributed by atoms with Crippen molar-refractivity contribution in [3.63, 3.8) is 0 Å². The number of hydrogen-bond donors (Lipinski definition) is 1. The van der Waals surface area contributed by atoms with Crippen molar-refractivity contribution < 1.29 is 24.0 Å². The van der Waals surface area contributed by atoms with Crippen molar-refractivity contribution in [3.8, 4) is 5.75 Å². The summed E-state index contributed by atoms with van der Waals surface area (Å²) in [7, 11) is 2.66. The maximum absolute atomic E-state index is 12.7. The van der Waals surface area contributed by atoms with Gasteiger partial charge in [-0.25, -0.2) is 9.78 Å². The first kappa shape index (κ1) is 22.2. The van der Waals surface area contributed by atoms with Gasteiger partial charge in [0.05, 0.1) is 35.3 Å². The van der Waals surface area contributed by atoms with Crippen LogP contribution in [0.4, 0.5) is 11.4 Å². The average Bonchev–Trinajstić information content (AvgIpc) is 3.17. The SMILES string of the molecule is COC(=O)c1cc(OC)ccc1NC(=O)c1ccc(Sc2nc(C)cs2)c([N+](=O)[O-])c1. The van der Waals surface area contributed by atoms with Gasteiger partial charge in [0.1, 0.15) is 5.75 Å². The molecular weight excluding hydrogens is 442 g/mol. The molecule has 1 aromatic heterocycles. The number of carbonyl (C=O) groups is 2. The Hall–Kier alpha value is -3.44. The highest BCUT2D eigenvalue weighted by Crippen LogP contribution is 2.37. The molecule has 0 radical (unpaired) electrons. The van der Waals surface area contributed by atoms with Gasteiger partial charge in [0.2, 0.25) is 0 Å². The van der Waals surface area contributed by atoms with Gasteiger partial charge in [-0.05, 0) is 37.3 Å². The Morgan fingerprint density at radius 1 is 1.19 bits per heavy atom. The van der Waals surface area contributed by atoms with Crippen LogP contribution >= 0.6 is 23.1 Å². The van der Waals surface area contributed by atoms with Crippen molar-refractivity contribution in [1.82, 2.24) is 4.98 Å². The number of thiazole rings is 1. The summed E-state index contributed by atoms with van der Waals surface area (Å²) in [5, 5.41) is 16.0. The molecule has 31 heavy (non-hydrogen) atoms. The molecular formula is C20H17N3O6S2. The van der Waals surface area contributed by atoms with Gasteiger partial charge in [0.15, 0.2) is 4.34 Å². The van der Waals surface area contributed by atoms with Gasteiger partial charge in [-0.1, -0.05) is 11.8 Å². The number of rotatable bonds is 7. The van der Waals surface area contributed by atoms with Crippen LogP contribution in [0.1, 0.15) is 26.4 Å². The molecule has 0 unspecified atom stereocenters. The van der Waals surface area contributed by atoms with Crippen LogP contribution in [0.2, 0.25) is 0 Å². The Bertz CT molecular complexity index is 1160. The molecule has 0 atom stereocenters. The fourth-order valence-corrected chi connectivity index (χ4v) is 4.47. The third-order valence-electron chi connectivity index (χ3n) is 4.09. The number of carbonyl (C=O) groups excluding carboxylic acids is 2. The van der Waals surface area contributed by atoms with Crippen LogP contribution in [-0.2, 0) is 4.74 Å². The minimum absolute atomic E-state index is 0.0676. The summed E-state index contributed by atoms with van der Waals surface area (Å²) in [6, 6.07) is 8.67. The molecule has 2 aromatic carbocycles.